The van der Waals surface area contributed by atoms with Crippen molar-refractivity contribution in [3.8, 4) is 0 Å². The van der Waals surface area contributed by atoms with Crippen LogP contribution in [0.5, 0.6) is 0 Å². The molecule has 1 fully saturated rings. The number of hydrogen-bond donors (Lipinski definition) is 2. The molecule has 0 amide bonds. The Morgan fingerprint density at radius 1 is 1.05 bits per heavy atom. The maximum absolute atomic E-state index is 11.1. The highest BCUT2D eigenvalue weighted by Crippen LogP contribution is 2.25. The van der Waals surface area contributed by atoms with Crippen LogP contribution in [-0.2, 0) is 38.1 Å². The van der Waals surface area contributed by atoms with Gasteiger partial charge in [0.05, 0.1) is 19.1 Å². The second-order valence-corrected chi connectivity index (χ2v) is 7.76. The van der Waals surface area contributed by atoms with Crippen molar-refractivity contribution in [1.82, 2.24) is 0 Å². The van der Waals surface area contributed by atoms with Crippen LogP contribution in [0.25, 0.3) is 0 Å². The standard InChI is InChI=1S/C9H18O10S2/c1-16-9-8(19-21(3,14)15)7(11)6(10)5(18-9)4-17-20(2,12)13/h5-11H,4H2,1-3H3/t5-,6+,7-,8+,9+/m0/s1. The summed E-state index contributed by atoms with van der Waals surface area (Å²) in [7, 11) is -6.54. The van der Waals surface area contributed by atoms with Gasteiger partial charge in [0, 0.05) is 7.11 Å². The minimum atomic E-state index is -3.93. The van der Waals surface area contributed by atoms with E-state index in [0.29, 0.717) is 0 Å². The first-order chi connectivity index (χ1) is 9.44. The van der Waals surface area contributed by atoms with E-state index in [2.05, 4.69) is 8.37 Å². The molecule has 0 radical (unpaired) electrons. The summed E-state index contributed by atoms with van der Waals surface area (Å²) in [5.41, 5.74) is 0. The molecule has 12 heteroatoms. The monoisotopic (exact) mass is 350 g/mol. The fourth-order valence-corrected chi connectivity index (χ4v) is 2.72. The third kappa shape index (κ3) is 5.75. The molecule has 2 N–H and O–H groups in total. The third-order valence-corrected chi connectivity index (χ3v) is 3.75. The molecule has 1 saturated heterocycles. The van der Waals surface area contributed by atoms with Crippen molar-refractivity contribution in [2.75, 3.05) is 26.2 Å². The summed E-state index contributed by atoms with van der Waals surface area (Å²) < 4.78 is 63.2. The summed E-state index contributed by atoms with van der Waals surface area (Å²) in [6, 6.07) is 0. The molecule has 1 aliphatic heterocycles. The average Bonchev–Trinajstić information content (AvgIpc) is 2.31. The zero-order chi connectivity index (χ0) is 16.4. The summed E-state index contributed by atoms with van der Waals surface area (Å²) in [4.78, 5) is 0. The first kappa shape index (κ1) is 18.7. The molecule has 0 aromatic rings. The van der Waals surface area contributed by atoms with Crippen molar-refractivity contribution in [2.45, 2.75) is 30.7 Å². The Morgan fingerprint density at radius 3 is 2.05 bits per heavy atom. The molecule has 0 spiro atoms. The van der Waals surface area contributed by atoms with Crippen molar-refractivity contribution in [2.24, 2.45) is 0 Å². The van der Waals surface area contributed by atoms with Crippen LogP contribution >= 0.6 is 0 Å². The van der Waals surface area contributed by atoms with E-state index in [-0.39, 0.29) is 0 Å². The van der Waals surface area contributed by atoms with Crippen LogP contribution in [0.3, 0.4) is 0 Å². The van der Waals surface area contributed by atoms with Crippen LogP contribution in [-0.4, -0.2) is 84.0 Å². The summed E-state index contributed by atoms with van der Waals surface area (Å²) in [6.45, 7) is -0.567. The summed E-state index contributed by atoms with van der Waals surface area (Å²) in [6.07, 6.45) is -5.78. The van der Waals surface area contributed by atoms with Gasteiger partial charge in [0.15, 0.2) is 12.4 Å². The summed E-state index contributed by atoms with van der Waals surface area (Å²) >= 11 is 0. The van der Waals surface area contributed by atoms with Crippen LogP contribution in [0, 0.1) is 0 Å². The fraction of sp³-hybridized carbons (Fsp3) is 1.00. The highest BCUT2D eigenvalue weighted by atomic mass is 32.2. The lowest BCUT2D eigenvalue weighted by Crippen LogP contribution is -2.60. The number of hydrogen-bond acceptors (Lipinski definition) is 10. The van der Waals surface area contributed by atoms with Crippen LogP contribution in [0.4, 0.5) is 0 Å². The van der Waals surface area contributed by atoms with Crippen molar-refractivity contribution in [1.29, 1.82) is 0 Å². The van der Waals surface area contributed by atoms with E-state index < -0.39 is 57.5 Å². The molecule has 1 rings (SSSR count). The summed E-state index contributed by atoms with van der Waals surface area (Å²) in [5.74, 6) is 0. The Morgan fingerprint density at radius 2 is 1.62 bits per heavy atom. The van der Waals surface area contributed by atoms with Crippen molar-refractivity contribution in [3.63, 3.8) is 0 Å². The zero-order valence-electron chi connectivity index (χ0n) is 11.6. The maximum Gasteiger partial charge on any atom is 0.264 e. The first-order valence-electron chi connectivity index (χ1n) is 5.71. The Balaban J connectivity index is 2.84. The Hall–Kier alpha value is -0.340. The molecule has 0 aromatic carbocycles. The van der Waals surface area contributed by atoms with Gasteiger partial charge < -0.3 is 19.7 Å². The molecule has 1 aliphatic rings. The molecule has 1 heterocycles. The summed E-state index contributed by atoms with van der Waals surface area (Å²) in [5, 5.41) is 19.7. The van der Waals surface area contributed by atoms with E-state index in [1.807, 2.05) is 0 Å². The Kier molecular flexibility index (Phi) is 6.08. The number of aliphatic hydroxyl groups is 2. The van der Waals surface area contributed by atoms with Gasteiger partial charge >= 0.3 is 0 Å². The van der Waals surface area contributed by atoms with Gasteiger partial charge in [-0.05, 0) is 0 Å². The topological polar surface area (TPSA) is 146 Å². The number of methoxy groups -OCH3 is 1. The molecular weight excluding hydrogens is 332 g/mol. The van der Waals surface area contributed by atoms with Gasteiger partial charge in [-0.1, -0.05) is 0 Å². The first-order valence-corrected chi connectivity index (χ1v) is 9.35. The average molecular weight is 350 g/mol. The van der Waals surface area contributed by atoms with Gasteiger partial charge in [-0.2, -0.15) is 16.8 Å². The largest absolute Gasteiger partial charge is 0.387 e. The van der Waals surface area contributed by atoms with Crippen LogP contribution < -0.4 is 0 Å². The highest BCUT2D eigenvalue weighted by molar-refractivity contribution is 7.86. The SMILES string of the molecule is CO[C@@H]1O[C@@H](COS(C)(=O)=O)[C@@H](O)[C@H](O)[C@H]1OS(C)(=O)=O. The van der Waals surface area contributed by atoms with Gasteiger partial charge in [0.1, 0.15) is 18.3 Å². The minimum Gasteiger partial charge on any atom is -0.387 e. The molecule has 0 aliphatic carbocycles. The molecule has 0 aromatic heterocycles. The van der Waals surface area contributed by atoms with E-state index in [0.717, 1.165) is 12.5 Å². The van der Waals surface area contributed by atoms with Gasteiger partial charge in [0.25, 0.3) is 20.2 Å². The maximum atomic E-state index is 11.1. The van der Waals surface area contributed by atoms with Crippen molar-refractivity contribution in [3.05, 3.63) is 0 Å². The number of ether oxygens (including phenoxy) is 2. The molecule has 10 nitrogen and oxygen atoms in total. The molecule has 126 valence electrons. The highest BCUT2D eigenvalue weighted by Gasteiger charge is 2.47. The molecule has 5 atom stereocenters. The molecule has 0 unspecified atom stereocenters. The van der Waals surface area contributed by atoms with Crippen LogP contribution in [0.1, 0.15) is 0 Å². The van der Waals surface area contributed by atoms with E-state index in [1.165, 1.54) is 7.11 Å². The smallest absolute Gasteiger partial charge is 0.264 e. The van der Waals surface area contributed by atoms with E-state index in [1.54, 1.807) is 0 Å². The second kappa shape index (κ2) is 6.83. The molecule has 0 bridgehead atoms. The zero-order valence-corrected chi connectivity index (χ0v) is 13.2. The van der Waals surface area contributed by atoms with Gasteiger partial charge in [-0.3, -0.25) is 8.37 Å². The lowest BCUT2D eigenvalue weighted by Gasteiger charge is -2.40. The van der Waals surface area contributed by atoms with Crippen LogP contribution in [0.2, 0.25) is 0 Å². The lowest BCUT2D eigenvalue weighted by molar-refractivity contribution is -0.286. The third-order valence-electron chi connectivity index (χ3n) is 2.61. The quantitative estimate of drug-likeness (QED) is 0.489. The van der Waals surface area contributed by atoms with Crippen molar-refractivity contribution >= 4 is 20.2 Å². The van der Waals surface area contributed by atoms with E-state index in [9.17, 15) is 27.0 Å². The molecular formula is C9H18O10S2. The minimum absolute atomic E-state index is 0.567. The van der Waals surface area contributed by atoms with E-state index in [4.69, 9.17) is 9.47 Å². The predicted molar refractivity (Wildman–Crippen MR) is 68.2 cm³/mol. The fourth-order valence-electron chi connectivity index (χ4n) is 1.73. The Labute approximate surface area is 122 Å². The normalized spacial score (nSPS) is 34.8. The Bertz CT molecular complexity index is 537. The second-order valence-electron chi connectivity index (χ2n) is 4.51. The van der Waals surface area contributed by atoms with Gasteiger partial charge in [0.2, 0.25) is 0 Å². The van der Waals surface area contributed by atoms with Crippen molar-refractivity contribution < 1.29 is 44.9 Å². The van der Waals surface area contributed by atoms with Gasteiger partial charge in [-0.15, -0.1) is 0 Å². The number of rotatable bonds is 6. The van der Waals surface area contributed by atoms with Crippen LogP contribution in [0.15, 0.2) is 0 Å². The predicted octanol–water partition coefficient (Wildman–Crippen LogP) is -2.60. The molecule has 0 saturated carbocycles. The number of aliphatic hydroxyl groups excluding tert-OH is 2. The van der Waals surface area contributed by atoms with Gasteiger partial charge in [-0.25, -0.2) is 0 Å². The van der Waals surface area contributed by atoms with E-state index >= 15 is 0 Å². The molecule has 21 heavy (non-hydrogen) atoms. The lowest BCUT2D eigenvalue weighted by atomic mass is 9.99.